The van der Waals surface area contributed by atoms with Crippen LogP contribution in [-0.2, 0) is 16.0 Å². The van der Waals surface area contributed by atoms with Crippen LogP contribution in [0.4, 0.5) is 11.4 Å². The summed E-state index contributed by atoms with van der Waals surface area (Å²) in [5.74, 6) is -0.223. The van der Waals surface area contributed by atoms with Crippen LogP contribution in [-0.4, -0.2) is 27.6 Å². The first-order valence-corrected chi connectivity index (χ1v) is 8.72. The SMILES string of the molecule is CC(C)n1cc(NC(=O)[C@@H](C)N2C(=O)CCCc3ccccc32)cn1. The predicted octanol–water partition coefficient (Wildman–Crippen LogP) is 3.16. The summed E-state index contributed by atoms with van der Waals surface area (Å²) in [4.78, 5) is 26.9. The van der Waals surface area contributed by atoms with Crippen LogP contribution in [0, 0.1) is 0 Å². The standard InChI is InChI=1S/C19H24N4O2/c1-13(2)22-12-16(11-20-22)21-19(25)14(3)23-17-9-5-4-7-15(17)8-6-10-18(23)24/h4-5,7,9,11-14H,6,8,10H2,1-3H3,(H,21,25)/t14-/m1/s1. The van der Waals surface area contributed by atoms with Crippen molar-refractivity contribution in [1.29, 1.82) is 0 Å². The maximum atomic E-state index is 12.7. The minimum atomic E-state index is -0.589. The van der Waals surface area contributed by atoms with E-state index in [9.17, 15) is 9.59 Å². The number of nitrogens with zero attached hydrogens (tertiary/aromatic N) is 3. The number of amides is 2. The number of anilines is 2. The molecule has 132 valence electrons. The zero-order valence-electron chi connectivity index (χ0n) is 14.9. The molecule has 1 aromatic carbocycles. The normalized spacial score (nSPS) is 15.7. The molecule has 0 spiro atoms. The Morgan fingerprint density at radius 3 is 2.68 bits per heavy atom. The molecule has 3 rings (SSSR count). The zero-order chi connectivity index (χ0) is 18.0. The Bertz CT molecular complexity index is 781. The topological polar surface area (TPSA) is 67.2 Å². The van der Waals surface area contributed by atoms with Crippen LogP contribution in [0.25, 0.3) is 0 Å². The summed E-state index contributed by atoms with van der Waals surface area (Å²) in [6.07, 6.45) is 5.55. The molecule has 0 radical (unpaired) electrons. The highest BCUT2D eigenvalue weighted by Gasteiger charge is 2.30. The summed E-state index contributed by atoms with van der Waals surface area (Å²) in [6.45, 7) is 5.81. The van der Waals surface area contributed by atoms with Crippen LogP contribution in [0.15, 0.2) is 36.7 Å². The van der Waals surface area contributed by atoms with E-state index < -0.39 is 6.04 Å². The fraction of sp³-hybridized carbons (Fsp3) is 0.421. The first-order valence-electron chi connectivity index (χ1n) is 8.72. The van der Waals surface area contributed by atoms with Crippen molar-refractivity contribution < 1.29 is 9.59 Å². The molecule has 0 fully saturated rings. The minimum absolute atomic E-state index is 0.00882. The molecule has 1 aliphatic heterocycles. The summed E-state index contributed by atoms with van der Waals surface area (Å²) >= 11 is 0. The number of para-hydroxylation sites is 1. The number of carbonyl (C=O) groups is 2. The smallest absolute Gasteiger partial charge is 0.247 e. The number of aryl methyl sites for hydroxylation is 1. The van der Waals surface area contributed by atoms with E-state index >= 15 is 0 Å². The van der Waals surface area contributed by atoms with Crippen LogP contribution in [0.1, 0.15) is 45.2 Å². The van der Waals surface area contributed by atoms with Gasteiger partial charge in [0.2, 0.25) is 11.8 Å². The Morgan fingerprint density at radius 1 is 1.20 bits per heavy atom. The average Bonchev–Trinajstić information content (AvgIpc) is 2.98. The van der Waals surface area contributed by atoms with E-state index in [0.29, 0.717) is 12.1 Å². The zero-order valence-corrected chi connectivity index (χ0v) is 14.9. The van der Waals surface area contributed by atoms with Crippen molar-refractivity contribution in [3.05, 3.63) is 42.2 Å². The number of fused-ring (bicyclic) bond motifs is 1. The highest BCUT2D eigenvalue weighted by molar-refractivity contribution is 6.05. The van der Waals surface area contributed by atoms with Crippen molar-refractivity contribution in [1.82, 2.24) is 9.78 Å². The Hall–Kier alpha value is -2.63. The van der Waals surface area contributed by atoms with Crippen LogP contribution < -0.4 is 10.2 Å². The number of rotatable bonds is 4. The quantitative estimate of drug-likeness (QED) is 0.929. The summed E-state index contributed by atoms with van der Waals surface area (Å²) in [5.41, 5.74) is 2.59. The molecule has 0 aliphatic carbocycles. The van der Waals surface area contributed by atoms with Gasteiger partial charge < -0.3 is 5.32 Å². The molecule has 6 nitrogen and oxygen atoms in total. The second-order valence-corrected chi connectivity index (χ2v) is 6.71. The molecule has 0 saturated heterocycles. The second kappa shape index (κ2) is 7.09. The van der Waals surface area contributed by atoms with Gasteiger partial charge in [-0.25, -0.2) is 0 Å². The van der Waals surface area contributed by atoms with E-state index in [0.717, 1.165) is 24.1 Å². The van der Waals surface area contributed by atoms with E-state index in [1.54, 1.807) is 28.9 Å². The summed E-state index contributed by atoms with van der Waals surface area (Å²) in [7, 11) is 0. The molecular formula is C19H24N4O2. The lowest BCUT2D eigenvalue weighted by molar-refractivity contribution is -0.123. The Morgan fingerprint density at radius 2 is 1.96 bits per heavy atom. The number of carbonyl (C=O) groups excluding carboxylic acids is 2. The van der Waals surface area contributed by atoms with Crippen LogP contribution in [0.2, 0.25) is 0 Å². The molecule has 2 amide bonds. The molecule has 1 N–H and O–H groups in total. The third-order valence-corrected chi connectivity index (χ3v) is 4.52. The van der Waals surface area contributed by atoms with Crippen molar-refractivity contribution in [2.75, 3.05) is 10.2 Å². The number of hydrogen-bond acceptors (Lipinski definition) is 3. The van der Waals surface area contributed by atoms with Gasteiger partial charge in [0.25, 0.3) is 0 Å². The first kappa shape index (κ1) is 17.2. The average molecular weight is 340 g/mol. The van der Waals surface area contributed by atoms with Crippen molar-refractivity contribution in [3.63, 3.8) is 0 Å². The van der Waals surface area contributed by atoms with Crippen LogP contribution in [0.5, 0.6) is 0 Å². The van der Waals surface area contributed by atoms with Crippen molar-refractivity contribution in [2.45, 2.75) is 52.1 Å². The summed E-state index contributed by atoms with van der Waals surface area (Å²) in [6, 6.07) is 7.45. The van der Waals surface area contributed by atoms with Gasteiger partial charge in [0.15, 0.2) is 0 Å². The summed E-state index contributed by atoms with van der Waals surface area (Å²) in [5, 5.41) is 7.10. The van der Waals surface area contributed by atoms with Crippen molar-refractivity contribution in [2.24, 2.45) is 0 Å². The van der Waals surface area contributed by atoms with Gasteiger partial charge in [0.05, 0.1) is 11.9 Å². The Labute approximate surface area is 147 Å². The lowest BCUT2D eigenvalue weighted by atomic mass is 10.1. The molecule has 25 heavy (non-hydrogen) atoms. The van der Waals surface area contributed by atoms with Crippen LogP contribution >= 0.6 is 0 Å². The largest absolute Gasteiger partial charge is 0.322 e. The van der Waals surface area contributed by atoms with Crippen molar-refractivity contribution >= 4 is 23.2 Å². The Balaban J connectivity index is 1.81. The molecule has 0 saturated carbocycles. The van der Waals surface area contributed by atoms with E-state index in [-0.39, 0.29) is 17.9 Å². The minimum Gasteiger partial charge on any atom is -0.322 e. The Kier molecular flexibility index (Phi) is 4.88. The predicted molar refractivity (Wildman–Crippen MR) is 97.6 cm³/mol. The molecule has 6 heteroatoms. The highest BCUT2D eigenvalue weighted by atomic mass is 16.2. The van der Waals surface area contributed by atoms with Crippen molar-refractivity contribution in [3.8, 4) is 0 Å². The lowest BCUT2D eigenvalue weighted by Crippen LogP contribution is -2.45. The van der Waals surface area contributed by atoms with E-state index in [4.69, 9.17) is 0 Å². The van der Waals surface area contributed by atoms with E-state index in [1.807, 2.05) is 38.1 Å². The molecule has 1 aromatic heterocycles. The highest BCUT2D eigenvalue weighted by Crippen LogP contribution is 2.28. The monoisotopic (exact) mass is 340 g/mol. The van der Waals surface area contributed by atoms with Gasteiger partial charge in [0.1, 0.15) is 6.04 Å². The third-order valence-electron chi connectivity index (χ3n) is 4.52. The van der Waals surface area contributed by atoms with Gasteiger partial charge in [-0.1, -0.05) is 18.2 Å². The second-order valence-electron chi connectivity index (χ2n) is 6.71. The number of nitrogens with one attached hydrogen (secondary N) is 1. The molecule has 1 atom stereocenters. The maximum Gasteiger partial charge on any atom is 0.247 e. The van der Waals surface area contributed by atoms with Gasteiger partial charge >= 0.3 is 0 Å². The van der Waals surface area contributed by atoms with Gasteiger partial charge in [-0.15, -0.1) is 0 Å². The molecule has 0 bridgehead atoms. The lowest BCUT2D eigenvalue weighted by Gasteiger charge is -2.28. The van der Waals surface area contributed by atoms with Gasteiger partial charge in [-0.2, -0.15) is 5.10 Å². The molecule has 0 unspecified atom stereocenters. The van der Waals surface area contributed by atoms with E-state index in [2.05, 4.69) is 10.4 Å². The fourth-order valence-corrected chi connectivity index (χ4v) is 3.12. The molecular weight excluding hydrogens is 316 g/mol. The molecule has 2 aromatic rings. The van der Waals surface area contributed by atoms with Gasteiger partial charge in [-0.3, -0.25) is 19.2 Å². The molecule has 1 aliphatic rings. The van der Waals surface area contributed by atoms with Gasteiger partial charge in [0, 0.05) is 24.3 Å². The van der Waals surface area contributed by atoms with E-state index in [1.165, 1.54) is 0 Å². The first-order chi connectivity index (χ1) is 12.0. The van der Waals surface area contributed by atoms with Gasteiger partial charge in [-0.05, 0) is 45.2 Å². The summed E-state index contributed by atoms with van der Waals surface area (Å²) < 4.78 is 1.78. The number of hydrogen-bond donors (Lipinski definition) is 1. The third kappa shape index (κ3) is 3.57. The number of aromatic nitrogens is 2. The molecule has 2 heterocycles. The maximum absolute atomic E-state index is 12.7. The number of benzene rings is 1. The van der Waals surface area contributed by atoms with Crippen LogP contribution in [0.3, 0.4) is 0 Å². The fourth-order valence-electron chi connectivity index (χ4n) is 3.12.